The van der Waals surface area contributed by atoms with E-state index in [-0.39, 0.29) is 18.0 Å². The predicted octanol–water partition coefficient (Wildman–Crippen LogP) is 4.22. The van der Waals surface area contributed by atoms with Crippen molar-refractivity contribution >= 4 is 12.0 Å². The third-order valence-corrected chi connectivity index (χ3v) is 3.16. The lowest BCUT2D eigenvalue weighted by Gasteiger charge is -2.07. The van der Waals surface area contributed by atoms with Crippen molar-refractivity contribution in [3.63, 3.8) is 0 Å². The topological polar surface area (TPSA) is 47.6 Å². The fourth-order valence-electron chi connectivity index (χ4n) is 2.02. The fourth-order valence-corrected chi connectivity index (χ4v) is 2.02. The molecule has 2 rings (SSSR count). The molecular weight excluding hydrogens is 354 g/mol. The second-order valence-corrected chi connectivity index (χ2v) is 4.99. The SMILES string of the molecule is O=C(/C=C/c1ccccc1OC(F)F)NCc1ccc(OC(F)F)cc1. The van der Waals surface area contributed by atoms with Gasteiger partial charge in [0, 0.05) is 18.2 Å². The predicted molar refractivity (Wildman–Crippen MR) is 87.0 cm³/mol. The molecule has 0 aliphatic heterocycles. The van der Waals surface area contributed by atoms with Crippen molar-refractivity contribution < 1.29 is 31.8 Å². The first-order valence-electron chi connectivity index (χ1n) is 7.47. The van der Waals surface area contributed by atoms with Crippen LogP contribution in [0, 0.1) is 0 Å². The van der Waals surface area contributed by atoms with Gasteiger partial charge < -0.3 is 14.8 Å². The van der Waals surface area contributed by atoms with Gasteiger partial charge in [-0.25, -0.2) is 0 Å². The molecule has 0 aliphatic carbocycles. The molecule has 0 bridgehead atoms. The van der Waals surface area contributed by atoms with Crippen molar-refractivity contribution in [2.24, 2.45) is 0 Å². The number of ether oxygens (including phenoxy) is 2. The third-order valence-electron chi connectivity index (χ3n) is 3.16. The van der Waals surface area contributed by atoms with Crippen LogP contribution >= 0.6 is 0 Å². The summed E-state index contributed by atoms with van der Waals surface area (Å²) < 4.78 is 57.4. The van der Waals surface area contributed by atoms with Crippen LogP contribution in [0.1, 0.15) is 11.1 Å². The maximum atomic E-state index is 12.3. The Balaban J connectivity index is 1.90. The highest BCUT2D eigenvalue weighted by molar-refractivity contribution is 5.92. The molecule has 0 aromatic heterocycles. The summed E-state index contributed by atoms with van der Waals surface area (Å²) in [7, 11) is 0. The van der Waals surface area contributed by atoms with Gasteiger partial charge in [-0.3, -0.25) is 4.79 Å². The highest BCUT2D eigenvalue weighted by Crippen LogP contribution is 2.21. The van der Waals surface area contributed by atoms with E-state index in [1.165, 1.54) is 54.6 Å². The Morgan fingerprint density at radius 1 is 0.962 bits per heavy atom. The number of benzene rings is 2. The number of halogens is 4. The summed E-state index contributed by atoms with van der Waals surface area (Å²) in [5.74, 6) is -0.475. The van der Waals surface area contributed by atoms with Crippen molar-refractivity contribution in [3.8, 4) is 11.5 Å². The quantitative estimate of drug-likeness (QED) is 0.560. The van der Waals surface area contributed by atoms with Gasteiger partial charge in [-0.15, -0.1) is 0 Å². The molecule has 0 saturated carbocycles. The number of amides is 1. The summed E-state index contributed by atoms with van der Waals surface area (Å²) >= 11 is 0. The highest BCUT2D eigenvalue weighted by Gasteiger charge is 2.07. The number of para-hydroxylation sites is 1. The minimum atomic E-state index is -2.96. The van der Waals surface area contributed by atoms with Crippen molar-refractivity contribution in [2.45, 2.75) is 19.8 Å². The number of rotatable bonds is 8. The number of hydrogen-bond acceptors (Lipinski definition) is 3. The standard InChI is InChI=1S/C18H15F4NO3/c19-17(20)25-14-8-5-12(6-9-14)11-23-16(24)10-7-13-3-1-2-4-15(13)26-18(21)22/h1-10,17-18H,11H2,(H,23,24)/b10-7+. The van der Waals surface area contributed by atoms with Crippen LogP contribution in [0.3, 0.4) is 0 Å². The van der Waals surface area contributed by atoms with Crippen molar-refractivity contribution in [3.05, 3.63) is 65.7 Å². The zero-order valence-corrected chi connectivity index (χ0v) is 13.4. The Labute approximate surface area is 147 Å². The average Bonchev–Trinajstić information content (AvgIpc) is 2.59. The van der Waals surface area contributed by atoms with Crippen molar-refractivity contribution in [1.29, 1.82) is 0 Å². The van der Waals surface area contributed by atoms with Crippen LogP contribution < -0.4 is 14.8 Å². The first-order valence-corrected chi connectivity index (χ1v) is 7.47. The van der Waals surface area contributed by atoms with E-state index in [1.807, 2.05) is 0 Å². The third kappa shape index (κ3) is 6.46. The van der Waals surface area contributed by atoms with Crippen LogP contribution in [0.4, 0.5) is 17.6 Å². The lowest BCUT2D eigenvalue weighted by Crippen LogP contribution is -2.20. The van der Waals surface area contributed by atoms with Gasteiger partial charge in [0.25, 0.3) is 0 Å². The number of carbonyl (C=O) groups is 1. The van der Waals surface area contributed by atoms with E-state index in [9.17, 15) is 22.4 Å². The molecule has 0 unspecified atom stereocenters. The molecule has 2 aromatic rings. The average molecular weight is 369 g/mol. The molecule has 4 nitrogen and oxygen atoms in total. The van der Waals surface area contributed by atoms with Gasteiger partial charge in [0.2, 0.25) is 5.91 Å². The van der Waals surface area contributed by atoms with Gasteiger partial charge in [-0.05, 0) is 29.8 Å². The van der Waals surface area contributed by atoms with Crippen LogP contribution in [0.25, 0.3) is 6.08 Å². The van der Waals surface area contributed by atoms with E-state index >= 15 is 0 Å². The molecule has 0 fully saturated rings. The molecular formula is C18H15F4NO3. The monoisotopic (exact) mass is 369 g/mol. The second kappa shape index (κ2) is 9.45. The fraction of sp³-hybridized carbons (Fsp3) is 0.167. The highest BCUT2D eigenvalue weighted by atomic mass is 19.3. The van der Waals surface area contributed by atoms with E-state index in [2.05, 4.69) is 14.8 Å². The Kier molecular flexibility index (Phi) is 7.02. The maximum Gasteiger partial charge on any atom is 0.387 e. The number of nitrogens with one attached hydrogen (secondary N) is 1. The molecule has 138 valence electrons. The van der Waals surface area contributed by atoms with Gasteiger partial charge >= 0.3 is 13.2 Å². The molecule has 0 spiro atoms. The van der Waals surface area contributed by atoms with Crippen LogP contribution in [0.5, 0.6) is 11.5 Å². The second-order valence-electron chi connectivity index (χ2n) is 4.99. The zero-order valence-electron chi connectivity index (χ0n) is 13.4. The Morgan fingerprint density at radius 2 is 1.62 bits per heavy atom. The van der Waals surface area contributed by atoms with Crippen LogP contribution in [-0.2, 0) is 11.3 Å². The molecule has 1 amide bonds. The summed E-state index contributed by atoms with van der Waals surface area (Å²) in [5.41, 5.74) is 1.01. The van der Waals surface area contributed by atoms with Crippen molar-refractivity contribution in [1.82, 2.24) is 5.32 Å². The molecule has 8 heteroatoms. The lowest BCUT2D eigenvalue weighted by molar-refractivity contribution is -0.116. The summed E-state index contributed by atoms with van der Waals surface area (Å²) in [6, 6.07) is 11.9. The number of carbonyl (C=O) groups excluding carboxylic acids is 1. The first-order chi connectivity index (χ1) is 12.4. The molecule has 0 aliphatic rings. The van der Waals surface area contributed by atoms with Crippen LogP contribution in [-0.4, -0.2) is 19.1 Å². The van der Waals surface area contributed by atoms with Gasteiger partial charge in [-0.1, -0.05) is 30.3 Å². The van der Waals surface area contributed by atoms with Crippen LogP contribution in [0.15, 0.2) is 54.6 Å². The minimum Gasteiger partial charge on any atom is -0.435 e. The van der Waals surface area contributed by atoms with Crippen LogP contribution in [0.2, 0.25) is 0 Å². The molecule has 0 saturated heterocycles. The van der Waals surface area contributed by atoms with E-state index in [0.717, 1.165) is 0 Å². The smallest absolute Gasteiger partial charge is 0.387 e. The Hall–Kier alpha value is -3.03. The first kappa shape index (κ1) is 19.3. The molecule has 26 heavy (non-hydrogen) atoms. The van der Waals surface area contributed by atoms with Gasteiger partial charge in [0.05, 0.1) is 0 Å². The van der Waals surface area contributed by atoms with Crippen molar-refractivity contribution in [2.75, 3.05) is 0 Å². The van der Waals surface area contributed by atoms with E-state index in [4.69, 9.17) is 0 Å². The normalized spacial score (nSPS) is 11.2. The molecule has 0 atom stereocenters. The number of alkyl halides is 4. The van der Waals surface area contributed by atoms with Gasteiger partial charge in [-0.2, -0.15) is 17.6 Å². The number of hydrogen-bond donors (Lipinski definition) is 1. The Morgan fingerprint density at radius 3 is 2.27 bits per heavy atom. The molecule has 1 N–H and O–H groups in total. The summed E-state index contributed by atoms with van der Waals surface area (Å²) in [5, 5.41) is 2.59. The lowest BCUT2D eigenvalue weighted by atomic mass is 10.2. The summed E-state index contributed by atoms with van der Waals surface area (Å²) in [6.07, 6.45) is 2.54. The largest absolute Gasteiger partial charge is 0.435 e. The summed E-state index contributed by atoms with van der Waals surface area (Å²) in [6.45, 7) is -5.70. The molecule has 2 aromatic carbocycles. The Bertz CT molecular complexity index is 748. The molecule has 0 heterocycles. The summed E-state index contributed by atoms with van der Waals surface area (Å²) in [4.78, 5) is 11.8. The molecule has 0 radical (unpaired) electrons. The zero-order chi connectivity index (χ0) is 18.9. The minimum absolute atomic E-state index is 0.0191. The van der Waals surface area contributed by atoms with E-state index in [1.54, 1.807) is 6.07 Å². The van der Waals surface area contributed by atoms with E-state index in [0.29, 0.717) is 11.1 Å². The maximum absolute atomic E-state index is 12.3. The van der Waals surface area contributed by atoms with E-state index < -0.39 is 19.1 Å². The van der Waals surface area contributed by atoms with Gasteiger partial charge in [0.1, 0.15) is 11.5 Å². The van der Waals surface area contributed by atoms with Gasteiger partial charge in [0.15, 0.2) is 0 Å².